The topological polar surface area (TPSA) is 90.8 Å². The number of imidazole rings is 1. The molecule has 0 amide bonds. The molecule has 3 aromatic heterocycles. The predicted molar refractivity (Wildman–Crippen MR) is 109 cm³/mol. The summed E-state index contributed by atoms with van der Waals surface area (Å²) in [5.41, 5.74) is 1.01. The van der Waals surface area contributed by atoms with Crippen LogP contribution < -0.4 is 11.0 Å². The molecular formula is C21H18F4N6O2. The lowest BCUT2D eigenvalue weighted by molar-refractivity contribution is -0.156. The van der Waals surface area contributed by atoms with Gasteiger partial charge in [-0.05, 0) is 50.2 Å². The SMILES string of the molecule is O=c1n(Cc2ccc(-c3nnc(C(F)(F)F)o3)cc2F)c2ncccc2n1C1CCNCC1. The summed E-state index contributed by atoms with van der Waals surface area (Å²) in [6.45, 7) is 1.51. The Balaban J connectivity index is 1.50. The first-order valence-corrected chi connectivity index (χ1v) is 10.3. The molecule has 0 spiro atoms. The number of halogens is 4. The van der Waals surface area contributed by atoms with Crippen LogP contribution in [-0.2, 0) is 12.7 Å². The Morgan fingerprint density at radius 1 is 1.15 bits per heavy atom. The van der Waals surface area contributed by atoms with Crippen molar-refractivity contribution in [1.29, 1.82) is 0 Å². The maximum Gasteiger partial charge on any atom is 0.470 e. The Morgan fingerprint density at radius 2 is 1.94 bits per heavy atom. The van der Waals surface area contributed by atoms with Gasteiger partial charge in [-0.2, -0.15) is 13.2 Å². The fourth-order valence-corrected chi connectivity index (χ4v) is 4.10. The molecule has 1 saturated heterocycles. The quantitative estimate of drug-likeness (QED) is 0.468. The van der Waals surface area contributed by atoms with Gasteiger partial charge >= 0.3 is 17.8 Å². The second-order valence-corrected chi connectivity index (χ2v) is 7.78. The second-order valence-electron chi connectivity index (χ2n) is 7.78. The van der Waals surface area contributed by atoms with Crippen molar-refractivity contribution in [2.24, 2.45) is 0 Å². The standard InChI is InChI=1S/C21H18F4N6O2/c22-15-10-12(18-28-29-19(33-18)21(23,24)25)3-4-13(15)11-30-17-16(2-1-7-27-17)31(20(30)32)14-5-8-26-9-6-14/h1-4,7,10,14,26H,5-6,8-9,11H2. The van der Waals surface area contributed by atoms with Gasteiger partial charge < -0.3 is 9.73 Å². The number of hydrogen-bond donors (Lipinski definition) is 1. The van der Waals surface area contributed by atoms with Gasteiger partial charge in [0.25, 0.3) is 0 Å². The van der Waals surface area contributed by atoms with E-state index in [-0.39, 0.29) is 29.4 Å². The number of hydrogen-bond acceptors (Lipinski definition) is 6. The van der Waals surface area contributed by atoms with E-state index < -0.39 is 23.8 Å². The van der Waals surface area contributed by atoms with Crippen LogP contribution in [0.5, 0.6) is 0 Å². The third-order valence-electron chi connectivity index (χ3n) is 5.69. The Labute approximate surface area is 183 Å². The molecule has 0 unspecified atom stereocenters. The largest absolute Gasteiger partial charge is 0.470 e. The number of benzene rings is 1. The molecule has 1 fully saturated rings. The first-order valence-electron chi connectivity index (χ1n) is 10.3. The summed E-state index contributed by atoms with van der Waals surface area (Å²) in [5.74, 6) is -2.68. The van der Waals surface area contributed by atoms with E-state index in [4.69, 9.17) is 0 Å². The monoisotopic (exact) mass is 462 g/mol. The number of rotatable bonds is 4. The van der Waals surface area contributed by atoms with Gasteiger partial charge in [0.15, 0.2) is 5.65 Å². The third kappa shape index (κ3) is 3.90. The normalized spacial score (nSPS) is 15.4. The van der Waals surface area contributed by atoms with Crippen LogP contribution in [0, 0.1) is 5.82 Å². The van der Waals surface area contributed by atoms with Crippen LogP contribution in [0.1, 0.15) is 30.3 Å². The minimum atomic E-state index is -4.79. The molecular weight excluding hydrogens is 444 g/mol. The molecule has 0 atom stereocenters. The summed E-state index contributed by atoms with van der Waals surface area (Å²) in [6, 6.07) is 7.34. The number of fused-ring (bicyclic) bond motifs is 1. The van der Waals surface area contributed by atoms with E-state index in [2.05, 4.69) is 24.9 Å². The first kappa shape index (κ1) is 21.3. The van der Waals surface area contributed by atoms with Crippen molar-refractivity contribution in [2.75, 3.05) is 13.1 Å². The first-order chi connectivity index (χ1) is 15.8. The second kappa shape index (κ2) is 8.10. The lowest BCUT2D eigenvalue weighted by atomic mass is 10.1. The summed E-state index contributed by atoms with van der Waals surface area (Å²) in [5, 5.41) is 9.56. The molecule has 8 nitrogen and oxygen atoms in total. The van der Waals surface area contributed by atoms with E-state index in [1.807, 2.05) is 6.07 Å². The Kier molecular flexibility index (Phi) is 5.23. The fourth-order valence-electron chi connectivity index (χ4n) is 4.10. The lowest BCUT2D eigenvalue weighted by Gasteiger charge is -2.23. The molecule has 5 rings (SSSR count). The predicted octanol–water partition coefficient (Wildman–Crippen LogP) is 3.38. The lowest BCUT2D eigenvalue weighted by Crippen LogP contribution is -2.35. The average Bonchev–Trinajstić information content (AvgIpc) is 3.40. The van der Waals surface area contributed by atoms with Crippen LogP contribution >= 0.6 is 0 Å². The zero-order chi connectivity index (χ0) is 23.2. The van der Waals surface area contributed by atoms with Crippen molar-refractivity contribution in [3.05, 3.63) is 64.3 Å². The van der Waals surface area contributed by atoms with Gasteiger partial charge in [0, 0.05) is 23.4 Å². The zero-order valence-corrected chi connectivity index (χ0v) is 17.1. The Bertz CT molecular complexity index is 1370. The highest BCUT2D eigenvalue weighted by molar-refractivity contribution is 5.71. The van der Waals surface area contributed by atoms with E-state index >= 15 is 0 Å². The van der Waals surface area contributed by atoms with Crippen molar-refractivity contribution < 1.29 is 22.0 Å². The minimum absolute atomic E-state index is 0.00172. The summed E-state index contributed by atoms with van der Waals surface area (Å²) in [4.78, 5) is 17.6. The summed E-state index contributed by atoms with van der Waals surface area (Å²) >= 11 is 0. The summed E-state index contributed by atoms with van der Waals surface area (Å²) in [6.07, 6.45) is -1.64. The zero-order valence-electron chi connectivity index (χ0n) is 17.1. The van der Waals surface area contributed by atoms with Crippen molar-refractivity contribution in [1.82, 2.24) is 29.6 Å². The fraction of sp³-hybridized carbons (Fsp3) is 0.333. The van der Waals surface area contributed by atoms with E-state index in [1.54, 1.807) is 16.8 Å². The molecule has 0 radical (unpaired) electrons. The van der Waals surface area contributed by atoms with Crippen LogP contribution in [-0.4, -0.2) is 37.4 Å². The minimum Gasteiger partial charge on any atom is -0.413 e. The highest BCUT2D eigenvalue weighted by atomic mass is 19.4. The van der Waals surface area contributed by atoms with Crippen LogP contribution in [0.2, 0.25) is 0 Å². The highest BCUT2D eigenvalue weighted by Crippen LogP contribution is 2.31. The third-order valence-corrected chi connectivity index (χ3v) is 5.69. The maximum atomic E-state index is 14.9. The number of nitrogens with zero attached hydrogens (tertiary/aromatic N) is 5. The molecule has 1 aliphatic heterocycles. The number of nitrogens with one attached hydrogen (secondary N) is 1. The van der Waals surface area contributed by atoms with E-state index in [0.717, 1.165) is 32.0 Å². The summed E-state index contributed by atoms with van der Waals surface area (Å²) in [7, 11) is 0. The van der Waals surface area contributed by atoms with Gasteiger partial charge in [0.05, 0.1) is 12.1 Å². The number of aromatic nitrogens is 5. The van der Waals surface area contributed by atoms with Gasteiger partial charge in [0.1, 0.15) is 5.82 Å². The van der Waals surface area contributed by atoms with Gasteiger partial charge in [0.2, 0.25) is 5.89 Å². The Morgan fingerprint density at radius 3 is 2.64 bits per heavy atom. The molecule has 1 N–H and O–H groups in total. The number of pyridine rings is 1. The highest BCUT2D eigenvalue weighted by Gasteiger charge is 2.38. The van der Waals surface area contributed by atoms with Gasteiger partial charge in [-0.25, -0.2) is 14.2 Å². The van der Waals surface area contributed by atoms with Gasteiger partial charge in [-0.1, -0.05) is 6.07 Å². The van der Waals surface area contributed by atoms with Crippen LogP contribution in [0.3, 0.4) is 0 Å². The molecule has 1 aromatic carbocycles. The van der Waals surface area contributed by atoms with Gasteiger partial charge in [-0.3, -0.25) is 9.13 Å². The van der Waals surface area contributed by atoms with E-state index in [0.29, 0.717) is 11.2 Å². The molecule has 0 aliphatic carbocycles. The van der Waals surface area contributed by atoms with Crippen molar-refractivity contribution >= 4 is 11.2 Å². The maximum absolute atomic E-state index is 14.9. The molecule has 12 heteroatoms. The Hall–Kier alpha value is -3.54. The molecule has 4 aromatic rings. The number of alkyl halides is 3. The molecule has 0 bridgehead atoms. The molecule has 1 aliphatic rings. The summed E-state index contributed by atoms with van der Waals surface area (Å²) < 4.78 is 60.7. The van der Waals surface area contributed by atoms with Crippen molar-refractivity contribution in [3.63, 3.8) is 0 Å². The van der Waals surface area contributed by atoms with E-state index in [1.165, 1.54) is 16.7 Å². The van der Waals surface area contributed by atoms with Crippen LogP contribution in [0.15, 0.2) is 45.7 Å². The average molecular weight is 462 g/mol. The van der Waals surface area contributed by atoms with Crippen LogP contribution in [0.25, 0.3) is 22.6 Å². The van der Waals surface area contributed by atoms with Crippen LogP contribution in [0.4, 0.5) is 17.6 Å². The van der Waals surface area contributed by atoms with E-state index in [9.17, 15) is 22.4 Å². The molecule has 0 saturated carbocycles. The smallest absolute Gasteiger partial charge is 0.413 e. The molecule has 172 valence electrons. The molecule has 4 heterocycles. The molecule has 33 heavy (non-hydrogen) atoms. The number of piperidine rings is 1. The van der Waals surface area contributed by atoms with Crippen molar-refractivity contribution in [2.45, 2.75) is 31.6 Å². The van der Waals surface area contributed by atoms with Crippen molar-refractivity contribution in [3.8, 4) is 11.5 Å². The van der Waals surface area contributed by atoms with Gasteiger partial charge in [-0.15, -0.1) is 10.2 Å².